The van der Waals surface area contributed by atoms with E-state index in [1.165, 1.54) is 13.8 Å². The van der Waals surface area contributed by atoms with E-state index in [-0.39, 0.29) is 18.4 Å². The summed E-state index contributed by atoms with van der Waals surface area (Å²) in [6.07, 6.45) is 5.73. The number of hydrogen-bond donors (Lipinski definition) is 6. The molecule has 0 aromatic heterocycles. The summed E-state index contributed by atoms with van der Waals surface area (Å²) in [5.41, 5.74) is -0.972. The van der Waals surface area contributed by atoms with Gasteiger partial charge in [-0.1, -0.05) is 61.2 Å². The number of carbonyl (C=O) groups is 2. The SMILES string of the molecule is CN(C)CCNC(=O)C1(NC(=O)CCCc2ccc(CC3=C(Cl)C=CC([C@]45OC[C@](C(C)(C)O)(O4)[C@@H](O)[C@H](O)[C@H]5O)C3)cc2)CCCCC1. The van der Waals surface area contributed by atoms with Crippen molar-refractivity contribution in [2.45, 2.75) is 119 Å². The molecule has 6 N–H and O–H groups in total. The van der Waals surface area contributed by atoms with Crippen LogP contribution in [0.1, 0.15) is 76.3 Å². The van der Waals surface area contributed by atoms with Gasteiger partial charge in [0.25, 0.3) is 0 Å². The van der Waals surface area contributed by atoms with E-state index in [1.54, 1.807) is 12.2 Å². The number of aliphatic hydroxyl groups excluding tert-OH is 3. The highest BCUT2D eigenvalue weighted by Crippen LogP contribution is 2.53. The first-order valence-corrected chi connectivity index (χ1v) is 18.0. The molecule has 2 aliphatic carbocycles. The molecule has 1 aromatic carbocycles. The van der Waals surface area contributed by atoms with Crippen LogP contribution in [0.25, 0.3) is 0 Å². The minimum atomic E-state index is -1.67. The molecule has 3 fully saturated rings. The van der Waals surface area contributed by atoms with Crippen molar-refractivity contribution in [2.24, 2.45) is 5.92 Å². The number of aryl methyl sites for hydroxylation is 1. The van der Waals surface area contributed by atoms with Crippen LogP contribution in [0.2, 0.25) is 0 Å². The number of hydrogen-bond acceptors (Lipinski definition) is 9. The maximum absolute atomic E-state index is 13.1. The average molecular weight is 704 g/mol. The zero-order valence-corrected chi connectivity index (χ0v) is 30.0. The zero-order valence-electron chi connectivity index (χ0n) is 29.2. The van der Waals surface area contributed by atoms with Crippen molar-refractivity contribution in [3.63, 3.8) is 0 Å². The van der Waals surface area contributed by atoms with E-state index in [0.29, 0.717) is 50.1 Å². The van der Waals surface area contributed by atoms with Crippen molar-refractivity contribution in [2.75, 3.05) is 33.8 Å². The fraction of sp³-hybridized carbons (Fsp3) is 0.676. The van der Waals surface area contributed by atoms with Crippen LogP contribution in [0.4, 0.5) is 0 Å². The number of carbonyl (C=O) groups excluding carboxylic acids is 2. The molecule has 11 nitrogen and oxygen atoms in total. The number of nitrogens with zero attached hydrogens (tertiary/aromatic N) is 1. The molecular weight excluding hydrogens is 650 g/mol. The van der Waals surface area contributed by atoms with Gasteiger partial charge < -0.3 is 45.4 Å². The summed E-state index contributed by atoms with van der Waals surface area (Å²) >= 11 is 6.64. The van der Waals surface area contributed by atoms with Crippen molar-refractivity contribution in [3.05, 3.63) is 58.1 Å². The Bertz CT molecular complexity index is 1400. The number of amides is 2. The maximum Gasteiger partial charge on any atom is 0.245 e. The fourth-order valence-corrected chi connectivity index (χ4v) is 7.99. The third kappa shape index (κ3) is 7.79. The summed E-state index contributed by atoms with van der Waals surface area (Å²) in [5, 5.41) is 50.3. The lowest BCUT2D eigenvalue weighted by molar-refractivity contribution is -0.352. The van der Waals surface area contributed by atoms with E-state index >= 15 is 0 Å². The Balaban J connectivity index is 1.15. The normalized spacial score (nSPS) is 31.2. The first-order valence-electron chi connectivity index (χ1n) is 17.6. The molecule has 2 heterocycles. The van der Waals surface area contributed by atoms with Gasteiger partial charge in [0.05, 0.1) is 12.2 Å². The van der Waals surface area contributed by atoms with Gasteiger partial charge in [-0.25, -0.2) is 0 Å². The van der Waals surface area contributed by atoms with Crippen molar-refractivity contribution in [1.29, 1.82) is 0 Å². The fourth-order valence-electron chi connectivity index (χ4n) is 7.77. The van der Waals surface area contributed by atoms with E-state index in [2.05, 4.69) is 10.6 Å². The van der Waals surface area contributed by atoms with Gasteiger partial charge in [-0.15, -0.1) is 0 Å². The molecule has 0 radical (unpaired) electrons. The summed E-state index contributed by atoms with van der Waals surface area (Å²) in [7, 11) is 3.92. The lowest BCUT2D eigenvalue weighted by Gasteiger charge is -2.52. The highest BCUT2D eigenvalue weighted by Gasteiger charge is 2.72. The maximum atomic E-state index is 13.1. The van der Waals surface area contributed by atoms with Gasteiger partial charge in [-0.2, -0.15) is 0 Å². The summed E-state index contributed by atoms with van der Waals surface area (Å²) in [5.74, 6) is -2.37. The number of aliphatic hydroxyl groups is 4. The van der Waals surface area contributed by atoms with E-state index < -0.39 is 46.8 Å². The van der Waals surface area contributed by atoms with Gasteiger partial charge in [-0.05, 0) is 89.2 Å². The van der Waals surface area contributed by atoms with Gasteiger partial charge in [0.1, 0.15) is 23.9 Å². The molecule has 6 atom stereocenters. The highest BCUT2D eigenvalue weighted by atomic mass is 35.5. The van der Waals surface area contributed by atoms with Crippen molar-refractivity contribution in [3.8, 4) is 0 Å². The minimum Gasteiger partial charge on any atom is -0.387 e. The number of nitrogens with one attached hydrogen (secondary N) is 2. The van der Waals surface area contributed by atoms with Crippen LogP contribution in [0, 0.1) is 5.92 Å². The molecule has 2 amide bonds. The molecule has 12 heteroatoms. The van der Waals surface area contributed by atoms with Crippen LogP contribution >= 0.6 is 11.6 Å². The molecule has 1 unspecified atom stereocenters. The zero-order chi connectivity index (χ0) is 35.6. The lowest BCUT2D eigenvalue weighted by Crippen LogP contribution is -2.72. The Labute approximate surface area is 294 Å². The van der Waals surface area contributed by atoms with Crippen molar-refractivity contribution in [1.82, 2.24) is 15.5 Å². The van der Waals surface area contributed by atoms with Crippen LogP contribution in [0.3, 0.4) is 0 Å². The predicted molar refractivity (Wildman–Crippen MR) is 186 cm³/mol. The number of halogens is 1. The second-order valence-corrected chi connectivity index (χ2v) is 15.6. The monoisotopic (exact) mass is 703 g/mol. The van der Waals surface area contributed by atoms with E-state index in [0.717, 1.165) is 48.9 Å². The summed E-state index contributed by atoms with van der Waals surface area (Å²) in [4.78, 5) is 28.2. The summed E-state index contributed by atoms with van der Waals surface area (Å²) in [6.45, 7) is 4.07. The topological polar surface area (TPSA) is 161 Å². The van der Waals surface area contributed by atoms with Crippen molar-refractivity contribution < 1.29 is 39.5 Å². The Morgan fingerprint density at radius 3 is 2.37 bits per heavy atom. The van der Waals surface area contributed by atoms with Crippen molar-refractivity contribution >= 4 is 23.4 Å². The molecule has 1 saturated carbocycles. The van der Waals surface area contributed by atoms with E-state index in [4.69, 9.17) is 21.1 Å². The highest BCUT2D eigenvalue weighted by molar-refractivity contribution is 6.31. The van der Waals surface area contributed by atoms with E-state index in [9.17, 15) is 30.0 Å². The smallest absolute Gasteiger partial charge is 0.245 e. The molecule has 1 aromatic rings. The second kappa shape index (κ2) is 15.1. The number of rotatable bonds is 13. The quantitative estimate of drug-likeness (QED) is 0.181. The van der Waals surface area contributed by atoms with Gasteiger partial charge in [0, 0.05) is 30.5 Å². The summed E-state index contributed by atoms with van der Waals surface area (Å²) < 4.78 is 12.3. The van der Waals surface area contributed by atoms with Gasteiger partial charge in [0.15, 0.2) is 5.60 Å². The third-order valence-electron chi connectivity index (χ3n) is 10.9. The number of ether oxygens (including phenoxy) is 2. The Kier molecular flexibility index (Phi) is 11.7. The largest absolute Gasteiger partial charge is 0.387 e. The van der Waals surface area contributed by atoms with Crippen LogP contribution in [0.15, 0.2) is 47.0 Å². The van der Waals surface area contributed by atoms with Crippen LogP contribution in [-0.4, -0.2) is 112 Å². The molecule has 49 heavy (non-hydrogen) atoms. The number of allylic oxidation sites excluding steroid dienone is 3. The van der Waals surface area contributed by atoms with Crippen LogP contribution in [0.5, 0.6) is 0 Å². The number of likely N-dealkylation sites (N-methyl/N-ethyl adjacent to an activating group) is 1. The second-order valence-electron chi connectivity index (χ2n) is 15.2. The summed E-state index contributed by atoms with van der Waals surface area (Å²) in [6, 6.07) is 8.15. The van der Waals surface area contributed by atoms with Crippen LogP contribution < -0.4 is 10.6 Å². The molecule has 0 spiro atoms. The Hall–Kier alpha value is -2.35. The average Bonchev–Trinajstić information content (AvgIpc) is 3.46. The first-order chi connectivity index (χ1) is 23.1. The molecule has 4 aliphatic rings. The third-order valence-corrected chi connectivity index (χ3v) is 11.3. The van der Waals surface area contributed by atoms with Crippen LogP contribution in [-0.2, 0) is 31.9 Å². The molecule has 272 valence electrons. The predicted octanol–water partition coefficient (Wildman–Crippen LogP) is 2.47. The molecule has 2 saturated heterocycles. The molecule has 2 aliphatic heterocycles. The Morgan fingerprint density at radius 2 is 1.71 bits per heavy atom. The molecule has 5 rings (SSSR count). The van der Waals surface area contributed by atoms with Gasteiger partial charge in [0.2, 0.25) is 17.6 Å². The van der Waals surface area contributed by atoms with E-state index in [1.807, 2.05) is 43.3 Å². The number of fused-ring (bicyclic) bond motifs is 2. The lowest BCUT2D eigenvalue weighted by atomic mass is 9.73. The standard InChI is InChI=1S/C37H54ClN3O8/c1-34(2,47)36-23-48-37(49-36,32(45)30(43)31(36)44)27-15-16-28(38)26(22-27)21-25-13-11-24(12-14-25)9-8-10-29(42)40-35(17-6-5-7-18-35)33(46)39-19-20-41(3)4/h11-16,27,30-32,43-45,47H,5-10,17-23H2,1-4H3,(H,39,46)(H,40,42)/t27?,30-,31-,32+,36-,37-/m0/s1. The van der Waals surface area contributed by atoms with Gasteiger partial charge >= 0.3 is 0 Å². The first kappa shape index (κ1) is 37.9. The number of benzene rings is 1. The van der Waals surface area contributed by atoms with Gasteiger partial charge in [-0.3, -0.25) is 9.59 Å². The Morgan fingerprint density at radius 1 is 1.04 bits per heavy atom. The molecule has 2 bridgehead atoms. The minimum absolute atomic E-state index is 0.0792. The molecular formula is C37H54ClN3O8.